The van der Waals surface area contributed by atoms with Crippen molar-refractivity contribution in [3.8, 4) is 0 Å². The van der Waals surface area contributed by atoms with E-state index >= 15 is 0 Å². The molecule has 0 amide bonds. The number of hydrogen-bond donors (Lipinski definition) is 1. The Balaban J connectivity index is 2.26. The lowest BCUT2D eigenvalue weighted by molar-refractivity contribution is 0.624. The van der Waals surface area contributed by atoms with Crippen LogP contribution in [0.5, 0.6) is 0 Å². The van der Waals surface area contributed by atoms with E-state index in [1.54, 1.807) is 6.20 Å². The lowest BCUT2D eigenvalue weighted by Gasteiger charge is -2.20. The van der Waals surface area contributed by atoms with Crippen LogP contribution < -0.4 is 5.56 Å². The van der Waals surface area contributed by atoms with Gasteiger partial charge in [0.25, 0.3) is 5.56 Å². The standard InChI is InChI=1S/C10H14N2OS/c1-7-11-6-9(10(13)12-7)8-2-4-14-5-3-8/h6,8H,2-5H2,1H3,(H,11,12,13). The Kier molecular flexibility index (Phi) is 2.91. The fraction of sp³-hybridized carbons (Fsp3) is 0.600. The summed E-state index contributed by atoms with van der Waals surface area (Å²) in [6.07, 6.45) is 3.96. The van der Waals surface area contributed by atoms with E-state index in [0.717, 1.165) is 29.9 Å². The maximum absolute atomic E-state index is 11.6. The summed E-state index contributed by atoms with van der Waals surface area (Å²) in [6.45, 7) is 1.81. The van der Waals surface area contributed by atoms with Crippen LogP contribution in [0.1, 0.15) is 30.1 Å². The molecule has 1 aromatic heterocycles. The molecule has 4 heteroatoms. The van der Waals surface area contributed by atoms with Crippen molar-refractivity contribution in [2.24, 2.45) is 0 Å². The Labute approximate surface area is 87.3 Å². The van der Waals surface area contributed by atoms with Gasteiger partial charge in [0.15, 0.2) is 0 Å². The molecule has 0 saturated carbocycles. The Morgan fingerprint density at radius 1 is 1.50 bits per heavy atom. The zero-order chi connectivity index (χ0) is 9.97. The van der Waals surface area contributed by atoms with Crippen molar-refractivity contribution >= 4 is 11.8 Å². The maximum atomic E-state index is 11.6. The topological polar surface area (TPSA) is 45.8 Å². The predicted octanol–water partition coefficient (Wildman–Crippen LogP) is 1.69. The van der Waals surface area contributed by atoms with Gasteiger partial charge in [-0.3, -0.25) is 4.79 Å². The lowest BCUT2D eigenvalue weighted by Crippen LogP contribution is -2.20. The van der Waals surface area contributed by atoms with E-state index in [4.69, 9.17) is 0 Å². The summed E-state index contributed by atoms with van der Waals surface area (Å²) in [4.78, 5) is 18.6. The van der Waals surface area contributed by atoms with Crippen molar-refractivity contribution in [3.05, 3.63) is 27.9 Å². The summed E-state index contributed by atoms with van der Waals surface area (Å²) in [5.74, 6) is 3.45. The van der Waals surface area contributed by atoms with Crippen molar-refractivity contribution in [3.63, 3.8) is 0 Å². The third kappa shape index (κ3) is 2.00. The van der Waals surface area contributed by atoms with Gasteiger partial charge in [-0.2, -0.15) is 11.8 Å². The first-order chi connectivity index (χ1) is 6.77. The number of aryl methyl sites for hydroxylation is 1. The number of hydrogen-bond acceptors (Lipinski definition) is 3. The van der Waals surface area contributed by atoms with Gasteiger partial charge in [0, 0.05) is 11.8 Å². The molecule has 76 valence electrons. The quantitative estimate of drug-likeness (QED) is 0.767. The minimum absolute atomic E-state index is 0.0504. The molecule has 1 aliphatic rings. The van der Waals surface area contributed by atoms with Gasteiger partial charge in [0.05, 0.1) is 0 Å². The number of aromatic nitrogens is 2. The number of aromatic amines is 1. The van der Waals surface area contributed by atoms with Crippen LogP contribution in [0.25, 0.3) is 0 Å². The first-order valence-corrected chi connectivity index (χ1v) is 6.06. The molecule has 0 bridgehead atoms. The fourth-order valence-electron chi connectivity index (χ4n) is 1.79. The number of thioether (sulfide) groups is 1. The number of nitrogens with zero attached hydrogens (tertiary/aromatic N) is 1. The Morgan fingerprint density at radius 3 is 2.86 bits per heavy atom. The minimum Gasteiger partial charge on any atom is -0.311 e. The highest BCUT2D eigenvalue weighted by Gasteiger charge is 2.18. The van der Waals surface area contributed by atoms with Crippen molar-refractivity contribution < 1.29 is 0 Å². The van der Waals surface area contributed by atoms with Gasteiger partial charge < -0.3 is 4.98 Å². The maximum Gasteiger partial charge on any atom is 0.254 e. The first-order valence-electron chi connectivity index (χ1n) is 4.91. The molecule has 0 unspecified atom stereocenters. The fourth-order valence-corrected chi connectivity index (χ4v) is 2.90. The highest BCUT2D eigenvalue weighted by Crippen LogP contribution is 2.29. The largest absolute Gasteiger partial charge is 0.311 e. The molecule has 1 fully saturated rings. The Bertz CT molecular complexity index is 369. The third-order valence-electron chi connectivity index (χ3n) is 2.62. The summed E-state index contributed by atoms with van der Waals surface area (Å²) >= 11 is 1.97. The monoisotopic (exact) mass is 210 g/mol. The third-order valence-corrected chi connectivity index (χ3v) is 3.66. The SMILES string of the molecule is Cc1ncc(C2CCSCC2)c(=O)[nH]1. The van der Waals surface area contributed by atoms with Crippen molar-refractivity contribution in [1.82, 2.24) is 9.97 Å². The molecule has 0 atom stereocenters. The highest BCUT2D eigenvalue weighted by molar-refractivity contribution is 7.99. The highest BCUT2D eigenvalue weighted by atomic mass is 32.2. The summed E-state index contributed by atoms with van der Waals surface area (Å²) in [6, 6.07) is 0. The van der Waals surface area contributed by atoms with Gasteiger partial charge in [-0.05, 0) is 37.2 Å². The zero-order valence-corrected chi connectivity index (χ0v) is 9.06. The Morgan fingerprint density at radius 2 is 2.21 bits per heavy atom. The molecule has 3 nitrogen and oxygen atoms in total. The van der Waals surface area contributed by atoms with Gasteiger partial charge in [0.1, 0.15) is 5.82 Å². The van der Waals surface area contributed by atoms with Gasteiger partial charge in [-0.15, -0.1) is 0 Å². The number of rotatable bonds is 1. The zero-order valence-electron chi connectivity index (χ0n) is 8.25. The minimum atomic E-state index is 0.0504. The van der Waals surface area contributed by atoms with Crippen LogP contribution in [-0.4, -0.2) is 21.5 Å². The van der Waals surface area contributed by atoms with E-state index in [1.165, 1.54) is 0 Å². The molecular formula is C10H14N2OS. The van der Waals surface area contributed by atoms with Crippen molar-refractivity contribution in [2.75, 3.05) is 11.5 Å². The molecule has 0 spiro atoms. The molecule has 14 heavy (non-hydrogen) atoms. The van der Waals surface area contributed by atoms with E-state index in [-0.39, 0.29) is 5.56 Å². The molecule has 0 aliphatic carbocycles. The van der Waals surface area contributed by atoms with Gasteiger partial charge in [-0.25, -0.2) is 4.98 Å². The van der Waals surface area contributed by atoms with Gasteiger partial charge in [-0.1, -0.05) is 0 Å². The van der Waals surface area contributed by atoms with Crippen LogP contribution >= 0.6 is 11.8 Å². The molecular weight excluding hydrogens is 196 g/mol. The smallest absolute Gasteiger partial charge is 0.254 e. The van der Waals surface area contributed by atoms with E-state index in [1.807, 2.05) is 18.7 Å². The number of H-pyrrole nitrogens is 1. The number of nitrogens with one attached hydrogen (secondary N) is 1. The second kappa shape index (κ2) is 4.17. The summed E-state index contributed by atoms with van der Waals surface area (Å²) < 4.78 is 0. The summed E-state index contributed by atoms with van der Waals surface area (Å²) in [5.41, 5.74) is 0.922. The van der Waals surface area contributed by atoms with E-state index in [9.17, 15) is 4.79 Å². The van der Waals surface area contributed by atoms with Crippen LogP contribution in [0, 0.1) is 6.92 Å². The molecule has 0 aromatic carbocycles. The predicted molar refractivity (Wildman–Crippen MR) is 58.9 cm³/mol. The lowest BCUT2D eigenvalue weighted by atomic mass is 9.96. The van der Waals surface area contributed by atoms with Crippen molar-refractivity contribution in [1.29, 1.82) is 0 Å². The second-order valence-electron chi connectivity index (χ2n) is 3.64. The molecule has 0 radical (unpaired) electrons. The molecule has 1 aliphatic heterocycles. The molecule has 1 aromatic rings. The van der Waals surface area contributed by atoms with Gasteiger partial charge in [0.2, 0.25) is 0 Å². The van der Waals surface area contributed by atoms with Crippen LogP contribution in [0.15, 0.2) is 11.0 Å². The van der Waals surface area contributed by atoms with Gasteiger partial charge >= 0.3 is 0 Å². The molecule has 2 heterocycles. The van der Waals surface area contributed by atoms with Crippen LogP contribution in [0.2, 0.25) is 0 Å². The summed E-state index contributed by atoms with van der Waals surface area (Å²) in [7, 11) is 0. The van der Waals surface area contributed by atoms with E-state index < -0.39 is 0 Å². The first kappa shape index (κ1) is 9.77. The summed E-state index contributed by atoms with van der Waals surface area (Å²) in [5, 5.41) is 0. The average Bonchev–Trinajstić information content (AvgIpc) is 2.19. The normalized spacial score (nSPS) is 18.4. The van der Waals surface area contributed by atoms with Crippen LogP contribution in [-0.2, 0) is 0 Å². The second-order valence-corrected chi connectivity index (χ2v) is 4.86. The van der Waals surface area contributed by atoms with Crippen molar-refractivity contribution in [2.45, 2.75) is 25.7 Å². The van der Waals surface area contributed by atoms with Crippen LogP contribution in [0.4, 0.5) is 0 Å². The van der Waals surface area contributed by atoms with Crippen LogP contribution in [0.3, 0.4) is 0 Å². The van der Waals surface area contributed by atoms with E-state index in [0.29, 0.717) is 11.7 Å². The van der Waals surface area contributed by atoms with E-state index in [2.05, 4.69) is 9.97 Å². The molecule has 1 N–H and O–H groups in total. The molecule has 2 rings (SSSR count). The Hall–Kier alpha value is -0.770. The molecule has 1 saturated heterocycles. The average molecular weight is 210 g/mol.